The van der Waals surface area contributed by atoms with Gasteiger partial charge in [0.1, 0.15) is 0 Å². The average molecular weight is 226 g/mol. The van der Waals surface area contributed by atoms with Gasteiger partial charge >= 0.3 is 0 Å². The molecule has 0 radical (unpaired) electrons. The summed E-state index contributed by atoms with van der Waals surface area (Å²) in [6, 6.07) is 1.47. The summed E-state index contributed by atoms with van der Waals surface area (Å²) < 4.78 is 0. The zero-order chi connectivity index (χ0) is 12.2. The maximum absolute atomic E-state index is 3.88. The van der Waals surface area contributed by atoms with Crippen molar-refractivity contribution in [2.24, 2.45) is 0 Å². The monoisotopic (exact) mass is 226 g/mol. The van der Waals surface area contributed by atoms with Crippen LogP contribution in [0.5, 0.6) is 0 Å². The first-order valence-corrected chi connectivity index (χ1v) is 7.06. The number of hydrogen-bond donors (Lipinski definition) is 1. The zero-order valence-electron chi connectivity index (χ0n) is 11.8. The van der Waals surface area contributed by atoms with Crippen molar-refractivity contribution < 1.29 is 0 Å². The van der Waals surface area contributed by atoms with Crippen LogP contribution >= 0.6 is 0 Å². The SMILES string of the molecule is CCN1CCC(NC(C)(CC)CC)CC1C. The normalized spacial score (nSPS) is 28.3. The first-order valence-electron chi connectivity index (χ1n) is 7.06. The summed E-state index contributed by atoms with van der Waals surface area (Å²) in [6.45, 7) is 14.1. The Balaban J connectivity index is 2.46. The van der Waals surface area contributed by atoms with Gasteiger partial charge < -0.3 is 10.2 Å². The molecule has 1 aliphatic rings. The highest BCUT2D eigenvalue weighted by Crippen LogP contribution is 2.22. The predicted octanol–water partition coefficient (Wildman–Crippen LogP) is 3.03. The minimum Gasteiger partial charge on any atom is -0.309 e. The largest absolute Gasteiger partial charge is 0.309 e. The molecule has 1 rings (SSSR count). The van der Waals surface area contributed by atoms with Crippen molar-refractivity contribution in [2.45, 2.75) is 77.9 Å². The maximum atomic E-state index is 3.88. The molecule has 0 bridgehead atoms. The van der Waals surface area contributed by atoms with Gasteiger partial charge in [-0.05, 0) is 52.6 Å². The molecule has 1 aliphatic heterocycles. The number of nitrogens with one attached hydrogen (secondary N) is 1. The molecule has 1 heterocycles. The summed E-state index contributed by atoms with van der Waals surface area (Å²) in [6.07, 6.45) is 5.08. The van der Waals surface area contributed by atoms with E-state index in [0.29, 0.717) is 5.54 Å². The Kier molecular flexibility index (Phi) is 5.26. The van der Waals surface area contributed by atoms with E-state index < -0.39 is 0 Å². The third-order valence-corrected chi connectivity index (χ3v) is 4.53. The summed E-state index contributed by atoms with van der Waals surface area (Å²) in [4.78, 5) is 2.59. The quantitative estimate of drug-likeness (QED) is 0.775. The van der Waals surface area contributed by atoms with Crippen LogP contribution in [0.15, 0.2) is 0 Å². The minimum absolute atomic E-state index is 0.346. The van der Waals surface area contributed by atoms with E-state index >= 15 is 0 Å². The molecule has 2 unspecified atom stereocenters. The Morgan fingerprint density at radius 2 is 1.88 bits per heavy atom. The molecule has 0 spiro atoms. The van der Waals surface area contributed by atoms with Gasteiger partial charge in [0.15, 0.2) is 0 Å². The molecule has 2 nitrogen and oxygen atoms in total. The fourth-order valence-corrected chi connectivity index (χ4v) is 2.77. The highest BCUT2D eigenvalue weighted by molar-refractivity contribution is 4.89. The highest BCUT2D eigenvalue weighted by atomic mass is 15.2. The molecule has 0 aromatic carbocycles. The van der Waals surface area contributed by atoms with Crippen LogP contribution in [0.4, 0.5) is 0 Å². The van der Waals surface area contributed by atoms with Gasteiger partial charge in [0.25, 0.3) is 0 Å². The van der Waals surface area contributed by atoms with Crippen molar-refractivity contribution in [1.29, 1.82) is 0 Å². The van der Waals surface area contributed by atoms with Gasteiger partial charge in [0.2, 0.25) is 0 Å². The lowest BCUT2D eigenvalue weighted by atomic mass is 9.90. The molecule has 0 aromatic heterocycles. The number of piperidine rings is 1. The average Bonchev–Trinajstić information content (AvgIpc) is 2.29. The van der Waals surface area contributed by atoms with Crippen LogP contribution in [0.2, 0.25) is 0 Å². The van der Waals surface area contributed by atoms with Gasteiger partial charge in [-0.1, -0.05) is 20.8 Å². The third-order valence-electron chi connectivity index (χ3n) is 4.53. The van der Waals surface area contributed by atoms with Crippen molar-refractivity contribution in [3.05, 3.63) is 0 Å². The lowest BCUT2D eigenvalue weighted by Crippen LogP contribution is -2.53. The van der Waals surface area contributed by atoms with Crippen LogP contribution < -0.4 is 5.32 Å². The number of hydrogen-bond acceptors (Lipinski definition) is 2. The Labute approximate surface area is 102 Å². The van der Waals surface area contributed by atoms with Crippen LogP contribution in [-0.2, 0) is 0 Å². The van der Waals surface area contributed by atoms with E-state index in [1.54, 1.807) is 0 Å². The van der Waals surface area contributed by atoms with E-state index in [2.05, 4.69) is 44.8 Å². The van der Waals surface area contributed by atoms with Crippen molar-refractivity contribution in [2.75, 3.05) is 13.1 Å². The summed E-state index contributed by atoms with van der Waals surface area (Å²) in [5, 5.41) is 3.88. The van der Waals surface area contributed by atoms with E-state index in [9.17, 15) is 0 Å². The summed E-state index contributed by atoms with van der Waals surface area (Å²) in [7, 11) is 0. The van der Waals surface area contributed by atoms with Crippen LogP contribution in [0, 0.1) is 0 Å². The molecule has 2 heteroatoms. The fourth-order valence-electron chi connectivity index (χ4n) is 2.77. The van der Waals surface area contributed by atoms with Gasteiger partial charge in [-0.3, -0.25) is 0 Å². The van der Waals surface area contributed by atoms with E-state index in [1.165, 1.54) is 38.8 Å². The second-order valence-corrected chi connectivity index (χ2v) is 5.61. The molecule has 1 saturated heterocycles. The molecule has 0 amide bonds. The topological polar surface area (TPSA) is 15.3 Å². The lowest BCUT2D eigenvalue weighted by Gasteiger charge is -2.41. The Morgan fingerprint density at radius 1 is 1.25 bits per heavy atom. The van der Waals surface area contributed by atoms with Crippen molar-refractivity contribution in [3.63, 3.8) is 0 Å². The number of likely N-dealkylation sites (tertiary alicyclic amines) is 1. The van der Waals surface area contributed by atoms with Gasteiger partial charge in [-0.25, -0.2) is 0 Å². The molecule has 0 aromatic rings. The van der Waals surface area contributed by atoms with Crippen molar-refractivity contribution in [1.82, 2.24) is 10.2 Å². The maximum Gasteiger partial charge on any atom is 0.0150 e. The van der Waals surface area contributed by atoms with Crippen LogP contribution in [-0.4, -0.2) is 35.6 Å². The standard InChI is InChI=1S/C14H30N2/c1-6-14(5,7-2)15-13-9-10-16(8-3)12(4)11-13/h12-13,15H,6-11H2,1-5H3. The van der Waals surface area contributed by atoms with Crippen molar-refractivity contribution >= 4 is 0 Å². The highest BCUT2D eigenvalue weighted by Gasteiger charge is 2.29. The number of nitrogens with zero attached hydrogens (tertiary/aromatic N) is 1. The molecule has 16 heavy (non-hydrogen) atoms. The van der Waals surface area contributed by atoms with E-state index in [1.807, 2.05) is 0 Å². The van der Waals surface area contributed by atoms with Gasteiger partial charge in [0, 0.05) is 17.6 Å². The molecule has 0 aliphatic carbocycles. The predicted molar refractivity (Wildman–Crippen MR) is 71.9 cm³/mol. The first-order chi connectivity index (χ1) is 7.54. The Morgan fingerprint density at radius 3 is 2.31 bits per heavy atom. The van der Waals surface area contributed by atoms with Crippen LogP contribution in [0.3, 0.4) is 0 Å². The van der Waals surface area contributed by atoms with E-state index in [4.69, 9.17) is 0 Å². The molecular formula is C14H30N2. The lowest BCUT2D eigenvalue weighted by molar-refractivity contribution is 0.125. The second kappa shape index (κ2) is 6.02. The van der Waals surface area contributed by atoms with E-state index in [-0.39, 0.29) is 0 Å². The van der Waals surface area contributed by atoms with Gasteiger partial charge in [-0.15, -0.1) is 0 Å². The number of rotatable bonds is 5. The minimum atomic E-state index is 0.346. The molecule has 0 saturated carbocycles. The summed E-state index contributed by atoms with van der Waals surface area (Å²) in [5.41, 5.74) is 0.346. The van der Waals surface area contributed by atoms with Crippen LogP contribution in [0.25, 0.3) is 0 Å². The van der Waals surface area contributed by atoms with Gasteiger partial charge in [-0.2, -0.15) is 0 Å². The summed E-state index contributed by atoms with van der Waals surface area (Å²) >= 11 is 0. The molecule has 1 fully saturated rings. The zero-order valence-corrected chi connectivity index (χ0v) is 11.8. The Bertz CT molecular complexity index is 199. The Hall–Kier alpha value is -0.0800. The first kappa shape index (κ1) is 14.0. The molecular weight excluding hydrogens is 196 g/mol. The third kappa shape index (κ3) is 3.46. The molecule has 1 N–H and O–H groups in total. The fraction of sp³-hybridized carbons (Fsp3) is 1.00. The second-order valence-electron chi connectivity index (χ2n) is 5.61. The summed E-state index contributed by atoms with van der Waals surface area (Å²) in [5.74, 6) is 0. The van der Waals surface area contributed by atoms with Gasteiger partial charge in [0.05, 0.1) is 0 Å². The molecule has 96 valence electrons. The van der Waals surface area contributed by atoms with E-state index in [0.717, 1.165) is 12.1 Å². The van der Waals surface area contributed by atoms with Crippen LogP contribution in [0.1, 0.15) is 60.3 Å². The van der Waals surface area contributed by atoms with Crippen molar-refractivity contribution in [3.8, 4) is 0 Å². The smallest absolute Gasteiger partial charge is 0.0150 e. The molecule has 2 atom stereocenters.